The smallest absolute Gasteiger partial charge is 0.322 e. The highest BCUT2D eigenvalue weighted by molar-refractivity contribution is 7.89. The Kier molecular flexibility index (Phi) is 4.67. The van der Waals surface area contributed by atoms with E-state index in [0.717, 1.165) is 18.4 Å². The summed E-state index contributed by atoms with van der Waals surface area (Å²) in [6.07, 6.45) is 1.93. The number of carboxylic acids is 1. The first-order valence-electron chi connectivity index (χ1n) is 7.13. The number of aryl methyl sites for hydroxylation is 1. The van der Waals surface area contributed by atoms with Crippen molar-refractivity contribution in [3.05, 3.63) is 29.3 Å². The van der Waals surface area contributed by atoms with E-state index in [1.807, 2.05) is 0 Å². The number of carboxylic acid groups (broad SMARTS) is 1. The average Bonchev–Trinajstić information content (AvgIpc) is 2.44. The molecule has 0 unspecified atom stereocenters. The number of rotatable bonds is 5. The van der Waals surface area contributed by atoms with Crippen molar-refractivity contribution >= 4 is 21.8 Å². The van der Waals surface area contributed by atoms with Gasteiger partial charge in [-0.1, -0.05) is 19.9 Å². The lowest BCUT2D eigenvalue weighted by Crippen LogP contribution is -2.44. The van der Waals surface area contributed by atoms with Gasteiger partial charge in [0.05, 0.1) is 4.90 Å². The van der Waals surface area contributed by atoms with E-state index >= 15 is 0 Å². The molecule has 0 bridgehead atoms. The molecule has 2 N–H and O–H groups in total. The molecule has 0 aromatic heterocycles. The monoisotopic (exact) mass is 325 g/mol. The Morgan fingerprint density at radius 1 is 1.27 bits per heavy atom. The lowest BCUT2D eigenvalue weighted by atomic mass is 9.91. The van der Waals surface area contributed by atoms with Gasteiger partial charge in [0.2, 0.25) is 10.0 Å². The van der Waals surface area contributed by atoms with Gasteiger partial charge in [0, 0.05) is 12.0 Å². The number of fused-ring (bicyclic) bond motifs is 1. The number of ketones is 1. The van der Waals surface area contributed by atoms with Gasteiger partial charge >= 0.3 is 5.97 Å². The van der Waals surface area contributed by atoms with Crippen LogP contribution in [-0.2, 0) is 21.2 Å². The molecule has 120 valence electrons. The van der Waals surface area contributed by atoms with Gasteiger partial charge in [-0.15, -0.1) is 0 Å². The van der Waals surface area contributed by atoms with E-state index in [4.69, 9.17) is 5.11 Å². The van der Waals surface area contributed by atoms with Crippen molar-refractivity contribution in [1.29, 1.82) is 0 Å². The number of Topliss-reactive ketones (excluding diaryl/α,β-unsaturated/α-hetero) is 1. The summed E-state index contributed by atoms with van der Waals surface area (Å²) in [4.78, 5) is 23.0. The maximum absolute atomic E-state index is 12.4. The number of carbonyl (C=O) groups is 2. The van der Waals surface area contributed by atoms with Gasteiger partial charge in [0.15, 0.2) is 5.78 Å². The van der Waals surface area contributed by atoms with E-state index in [9.17, 15) is 18.0 Å². The molecule has 6 nitrogen and oxygen atoms in total. The summed E-state index contributed by atoms with van der Waals surface area (Å²) in [7, 11) is -3.99. The SMILES string of the molecule is CC(C)[C@H](NS(=O)(=O)c1ccc2c(c1)C(=O)CCC2)C(=O)O. The molecule has 7 heteroatoms. The van der Waals surface area contributed by atoms with Gasteiger partial charge in [-0.05, 0) is 36.5 Å². The number of benzene rings is 1. The average molecular weight is 325 g/mol. The summed E-state index contributed by atoms with van der Waals surface area (Å²) in [6.45, 7) is 3.25. The Morgan fingerprint density at radius 3 is 2.55 bits per heavy atom. The predicted molar refractivity (Wildman–Crippen MR) is 80.3 cm³/mol. The standard InChI is InChI=1S/C15H19NO5S/c1-9(2)14(15(18)19)16-22(20,21)11-7-6-10-4-3-5-13(17)12(10)8-11/h6-9,14,16H,3-5H2,1-2H3,(H,18,19)/t14-/m0/s1. The van der Waals surface area contributed by atoms with Gasteiger partial charge in [0.25, 0.3) is 0 Å². The number of hydrogen-bond donors (Lipinski definition) is 2. The van der Waals surface area contributed by atoms with Crippen LogP contribution in [0.4, 0.5) is 0 Å². The van der Waals surface area contributed by atoms with Crippen LogP contribution in [0.25, 0.3) is 0 Å². The number of nitrogens with one attached hydrogen (secondary N) is 1. The van der Waals surface area contributed by atoms with E-state index in [1.165, 1.54) is 12.1 Å². The molecule has 0 amide bonds. The molecule has 0 saturated heterocycles. The van der Waals surface area contributed by atoms with Crippen LogP contribution in [0, 0.1) is 5.92 Å². The molecule has 1 aliphatic carbocycles. The van der Waals surface area contributed by atoms with Crippen molar-refractivity contribution in [3.63, 3.8) is 0 Å². The Balaban J connectivity index is 2.36. The van der Waals surface area contributed by atoms with Crippen LogP contribution in [-0.4, -0.2) is 31.3 Å². The zero-order valence-electron chi connectivity index (χ0n) is 12.5. The summed E-state index contributed by atoms with van der Waals surface area (Å²) < 4.78 is 26.9. The van der Waals surface area contributed by atoms with Crippen molar-refractivity contribution < 1.29 is 23.1 Å². The molecule has 1 atom stereocenters. The van der Waals surface area contributed by atoms with Crippen LogP contribution in [0.15, 0.2) is 23.1 Å². The Bertz CT molecular complexity index is 709. The van der Waals surface area contributed by atoms with Crippen LogP contribution >= 0.6 is 0 Å². The maximum Gasteiger partial charge on any atom is 0.322 e. The number of aliphatic carboxylic acids is 1. The fraction of sp³-hybridized carbons (Fsp3) is 0.467. The third-order valence-corrected chi connectivity index (χ3v) is 5.20. The molecule has 0 fully saturated rings. The molecule has 0 aliphatic heterocycles. The molecule has 0 heterocycles. The number of hydrogen-bond acceptors (Lipinski definition) is 4. The number of sulfonamides is 1. The zero-order chi connectivity index (χ0) is 16.5. The lowest BCUT2D eigenvalue weighted by molar-refractivity contribution is -0.140. The maximum atomic E-state index is 12.4. The molecular weight excluding hydrogens is 306 g/mol. The van der Waals surface area contributed by atoms with Crippen molar-refractivity contribution in [2.75, 3.05) is 0 Å². The molecule has 1 aromatic carbocycles. The largest absolute Gasteiger partial charge is 0.480 e. The molecule has 0 saturated carbocycles. The van der Waals surface area contributed by atoms with Crippen LogP contribution in [0.2, 0.25) is 0 Å². The minimum Gasteiger partial charge on any atom is -0.480 e. The van der Waals surface area contributed by atoms with Gasteiger partial charge in [-0.25, -0.2) is 8.42 Å². The van der Waals surface area contributed by atoms with Crippen LogP contribution < -0.4 is 4.72 Å². The van der Waals surface area contributed by atoms with Crippen molar-refractivity contribution in [1.82, 2.24) is 4.72 Å². The topological polar surface area (TPSA) is 101 Å². The van der Waals surface area contributed by atoms with E-state index < -0.39 is 28.0 Å². The predicted octanol–water partition coefficient (Wildman–Crippen LogP) is 1.59. The molecular formula is C15H19NO5S. The lowest BCUT2D eigenvalue weighted by Gasteiger charge is -2.19. The van der Waals surface area contributed by atoms with Gasteiger partial charge < -0.3 is 5.11 Å². The van der Waals surface area contributed by atoms with E-state index in [-0.39, 0.29) is 10.7 Å². The Morgan fingerprint density at radius 2 is 1.95 bits per heavy atom. The minimum atomic E-state index is -3.99. The molecule has 1 aliphatic rings. The fourth-order valence-electron chi connectivity index (χ4n) is 2.48. The molecule has 0 radical (unpaired) electrons. The van der Waals surface area contributed by atoms with E-state index in [1.54, 1.807) is 19.9 Å². The highest BCUT2D eigenvalue weighted by Crippen LogP contribution is 2.24. The first-order chi connectivity index (χ1) is 10.2. The Labute approximate surface area is 129 Å². The van der Waals surface area contributed by atoms with Crippen LogP contribution in [0.5, 0.6) is 0 Å². The van der Waals surface area contributed by atoms with Gasteiger partial charge in [0.1, 0.15) is 6.04 Å². The first-order valence-corrected chi connectivity index (χ1v) is 8.62. The van der Waals surface area contributed by atoms with E-state index in [0.29, 0.717) is 12.0 Å². The molecule has 1 aromatic rings. The Hall–Kier alpha value is -1.73. The third-order valence-electron chi connectivity index (χ3n) is 3.76. The first kappa shape index (κ1) is 16.6. The van der Waals surface area contributed by atoms with E-state index in [2.05, 4.69) is 4.72 Å². The van der Waals surface area contributed by atoms with Gasteiger partial charge in [-0.3, -0.25) is 9.59 Å². The summed E-state index contributed by atoms with van der Waals surface area (Å²) in [6, 6.07) is 3.18. The second-order valence-electron chi connectivity index (χ2n) is 5.78. The van der Waals surface area contributed by atoms with Crippen molar-refractivity contribution in [2.24, 2.45) is 5.92 Å². The second kappa shape index (κ2) is 6.18. The molecule has 2 rings (SSSR count). The molecule has 22 heavy (non-hydrogen) atoms. The quantitative estimate of drug-likeness (QED) is 0.856. The third kappa shape index (κ3) is 3.36. The van der Waals surface area contributed by atoms with Crippen molar-refractivity contribution in [2.45, 2.75) is 44.0 Å². The fourth-order valence-corrected chi connectivity index (χ4v) is 3.84. The summed E-state index contributed by atoms with van der Waals surface area (Å²) in [5.41, 5.74) is 1.26. The van der Waals surface area contributed by atoms with Crippen LogP contribution in [0.3, 0.4) is 0 Å². The van der Waals surface area contributed by atoms with Crippen molar-refractivity contribution in [3.8, 4) is 0 Å². The second-order valence-corrected chi connectivity index (χ2v) is 7.49. The minimum absolute atomic E-state index is 0.0723. The zero-order valence-corrected chi connectivity index (χ0v) is 13.3. The van der Waals surface area contributed by atoms with Gasteiger partial charge in [-0.2, -0.15) is 4.72 Å². The highest BCUT2D eigenvalue weighted by Gasteiger charge is 2.29. The summed E-state index contributed by atoms with van der Waals surface area (Å²) >= 11 is 0. The molecule has 0 spiro atoms. The highest BCUT2D eigenvalue weighted by atomic mass is 32.2. The van der Waals surface area contributed by atoms with Crippen LogP contribution in [0.1, 0.15) is 42.6 Å². The summed E-state index contributed by atoms with van der Waals surface area (Å²) in [5, 5.41) is 9.11. The number of carbonyl (C=O) groups excluding carboxylic acids is 1. The summed E-state index contributed by atoms with van der Waals surface area (Å²) in [5.74, 6) is -1.70. The normalized spacial score (nSPS) is 16.4.